The minimum absolute atomic E-state index is 1.11. The van der Waals surface area contributed by atoms with Gasteiger partial charge in [0.2, 0.25) is 0 Å². The summed E-state index contributed by atoms with van der Waals surface area (Å²) in [4.78, 5) is 0. The topological polar surface area (TPSA) is 0 Å². The average Bonchev–Trinajstić information content (AvgIpc) is 2.75. The molecule has 17 heavy (non-hydrogen) atoms. The maximum atomic E-state index is 2.35. The number of hydrogen-bond donors (Lipinski definition) is 0. The molecule has 3 aromatic rings. The van der Waals surface area contributed by atoms with Crippen LogP contribution in [-0.2, 0) is 12.8 Å². The van der Waals surface area contributed by atoms with Gasteiger partial charge in [0.1, 0.15) is 0 Å². The summed E-state index contributed by atoms with van der Waals surface area (Å²) in [6.45, 7) is 4.43. The van der Waals surface area contributed by atoms with E-state index in [1.54, 1.807) is 0 Å². The van der Waals surface area contributed by atoms with Crippen molar-refractivity contribution in [3.8, 4) is 0 Å². The molecule has 86 valence electrons. The summed E-state index contributed by atoms with van der Waals surface area (Å²) in [5, 5.41) is 2.86. The molecule has 0 saturated carbocycles. The predicted molar refractivity (Wildman–Crippen MR) is 78.1 cm³/mol. The van der Waals surface area contributed by atoms with E-state index in [4.69, 9.17) is 0 Å². The van der Waals surface area contributed by atoms with Crippen LogP contribution in [0.4, 0.5) is 0 Å². The highest BCUT2D eigenvalue weighted by Crippen LogP contribution is 2.35. The lowest BCUT2D eigenvalue weighted by molar-refractivity contribution is 1.14. The van der Waals surface area contributed by atoms with Gasteiger partial charge in [-0.15, -0.1) is 11.3 Å². The van der Waals surface area contributed by atoms with Crippen LogP contribution in [0.25, 0.3) is 20.2 Å². The monoisotopic (exact) mass is 240 g/mol. The molecule has 0 aliphatic rings. The van der Waals surface area contributed by atoms with Crippen molar-refractivity contribution in [2.75, 3.05) is 0 Å². The molecule has 2 aromatic carbocycles. The Morgan fingerprint density at radius 1 is 0.765 bits per heavy atom. The molecule has 0 nitrogen and oxygen atoms in total. The lowest BCUT2D eigenvalue weighted by Crippen LogP contribution is -1.79. The van der Waals surface area contributed by atoms with Crippen molar-refractivity contribution in [2.45, 2.75) is 26.7 Å². The van der Waals surface area contributed by atoms with Crippen molar-refractivity contribution in [2.24, 2.45) is 0 Å². The summed E-state index contributed by atoms with van der Waals surface area (Å²) < 4.78 is 2.82. The second-order valence-electron chi connectivity index (χ2n) is 4.47. The number of benzene rings is 2. The van der Waals surface area contributed by atoms with Crippen LogP contribution in [0.2, 0.25) is 0 Å². The standard InChI is InChI=1S/C16H16S/c1-3-11-5-7-15-13(9-11)14-10-12(4-2)6-8-16(14)17-15/h5-10H,3-4H2,1-2H3. The first kappa shape index (κ1) is 10.8. The first-order valence-corrected chi connectivity index (χ1v) is 7.07. The van der Waals surface area contributed by atoms with Gasteiger partial charge in [0.15, 0.2) is 0 Å². The van der Waals surface area contributed by atoms with E-state index in [0.717, 1.165) is 12.8 Å². The Labute approximate surface area is 106 Å². The van der Waals surface area contributed by atoms with Gasteiger partial charge in [-0.2, -0.15) is 0 Å². The highest BCUT2D eigenvalue weighted by Gasteiger charge is 2.05. The SMILES string of the molecule is CCc1ccc2sc3ccc(CC)cc3c2c1. The first-order valence-electron chi connectivity index (χ1n) is 6.26. The summed E-state index contributed by atoms with van der Waals surface area (Å²) in [5.41, 5.74) is 2.86. The minimum Gasteiger partial charge on any atom is -0.135 e. The van der Waals surface area contributed by atoms with Gasteiger partial charge in [-0.1, -0.05) is 26.0 Å². The molecule has 0 N–H and O–H groups in total. The Bertz CT molecular complexity index is 618. The van der Waals surface area contributed by atoms with Crippen molar-refractivity contribution in [3.63, 3.8) is 0 Å². The molecule has 0 radical (unpaired) electrons. The molecular weight excluding hydrogens is 224 g/mol. The molecule has 0 saturated heterocycles. The second kappa shape index (κ2) is 4.15. The van der Waals surface area contributed by atoms with Gasteiger partial charge in [-0.3, -0.25) is 0 Å². The Morgan fingerprint density at radius 3 is 1.65 bits per heavy atom. The van der Waals surface area contributed by atoms with Crippen LogP contribution < -0.4 is 0 Å². The zero-order valence-electron chi connectivity index (χ0n) is 10.3. The molecule has 0 spiro atoms. The van der Waals surface area contributed by atoms with Gasteiger partial charge in [-0.05, 0) is 48.2 Å². The highest BCUT2D eigenvalue weighted by molar-refractivity contribution is 7.25. The van der Waals surface area contributed by atoms with Crippen LogP contribution >= 0.6 is 11.3 Å². The third-order valence-corrected chi connectivity index (χ3v) is 4.57. The van der Waals surface area contributed by atoms with Crippen molar-refractivity contribution in [1.29, 1.82) is 0 Å². The number of hydrogen-bond acceptors (Lipinski definition) is 1. The van der Waals surface area contributed by atoms with Crippen LogP contribution in [0.15, 0.2) is 36.4 Å². The van der Waals surface area contributed by atoms with Crippen LogP contribution in [0, 0.1) is 0 Å². The summed E-state index contributed by atoms with van der Waals surface area (Å²) in [6, 6.07) is 13.7. The zero-order chi connectivity index (χ0) is 11.8. The van der Waals surface area contributed by atoms with E-state index in [2.05, 4.69) is 50.2 Å². The number of rotatable bonds is 2. The Balaban J connectivity index is 2.37. The fourth-order valence-electron chi connectivity index (χ4n) is 2.31. The molecule has 0 unspecified atom stereocenters. The van der Waals surface area contributed by atoms with Gasteiger partial charge < -0.3 is 0 Å². The highest BCUT2D eigenvalue weighted by atomic mass is 32.1. The number of fused-ring (bicyclic) bond motifs is 3. The smallest absolute Gasteiger partial charge is 0.0355 e. The molecule has 0 amide bonds. The molecule has 0 aliphatic carbocycles. The van der Waals surface area contributed by atoms with Crippen LogP contribution in [0.1, 0.15) is 25.0 Å². The zero-order valence-corrected chi connectivity index (χ0v) is 11.1. The van der Waals surface area contributed by atoms with Gasteiger partial charge in [0.05, 0.1) is 0 Å². The van der Waals surface area contributed by atoms with E-state index in [1.165, 1.54) is 31.3 Å². The molecular formula is C16H16S. The van der Waals surface area contributed by atoms with Crippen LogP contribution in [0.5, 0.6) is 0 Å². The molecule has 0 atom stereocenters. The van der Waals surface area contributed by atoms with Crippen molar-refractivity contribution >= 4 is 31.5 Å². The lowest BCUT2D eigenvalue weighted by atomic mass is 10.1. The van der Waals surface area contributed by atoms with Crippen molar-refractivity contribution < 1.29 is 0 Å². The first-order chi connectivity index (χ1) is 8.31. The number of thiophene rings is 1. The summed E-state index contributed by atoms with van der Waals surface area (Å²) in [6.07, 6.45) is 2.22. The average molecular weight is 240 g/mol. The Kier molecular flexibility index (Phi) is 2.64. The third-order valence-electron chi connectivity index (χ3n) is 3.41. The maximum absolute atomic E-state index is 2.35. The van der Waals surface area contributed by atoms with E-state index in [0.29, 0.717) is 0 Å². The van der Waals surface area contributed by atoms with Crippen LogP contribution in [-0.4, -0.2) is 0 Å². The fourth-order valence-corrected chi connectivity index (χ4v) is 3.38. The Morgan fingerprint density at radius 2 is 1.24 bits per heavy atom. The minimum atomic E-state index is 1.11. The van der Waals surface area contributed by atoms with Crippen LogP contribution in [0.3, 0.4) is 0 Å². The summed E-state index contributed by atoms with van der Waals surface area (Å²) in [5.74, 6) is 0. The summed E-state index contributed by atoms with van der Waals surface area (Å²) >= 11 is 1.90. The van der Waals surface area contributed by atoms with Crippen molar-refractivity contribution in [3.05, 3.63) is 47.5 Å². The normalized spacial score (nSPS) is 11.4. The van der Waals surface area contributed by atoms with Crippen molar-refractivity contribution in [1.82, 2.24) is 0 Å². The molecule has 0 bridgehead atoms. The van der Waals surface area contributed by atoms with E-state index >= 15 is 0 Å². The van der Waals surface area contributed by atoms with Gasteiger partial charge in [-0.25, -0.2) is 0 Å². The molecule has 0 aliphatic heterocycles. The quantitative estimate of drug-likeness (QED) is 0.579. The maximum Gasteiger partial charge on any atom is 0.0355 e. The van der Waals surface area contributed by atoms with E-state index in [1.807, 2.05) is 11.3 Å². The Hall–Kier alpha value is -1.34. The lowest BCUT2D eigenvalue weighted by Gasteiger charge is -1.99. The molecule has 1 heterocycles. The van der Waals surface area contributed by atoms with E-state index in [-0.39, 0.29) is 0 Å². The second-order valence-corrected chi connectivity index (χ2v) is 5.55. The van der Waals surface area contributed by atoms with Gasteiger partial charge in [0.25, 0.3) is 0 Å². The van der Waals surface area contributed by atoms with E-state index in [9.17, 15) is 0 Å². The van der Waals surface area contributed by atoms with E-state index < -0.39 is 0 Å². The molecule has 1 aromatic heterocycles. The predicted octanol–water partition coefficient (Wildman–Crippen LogP) is 5.18. The molecule has 3 rings (SSSR count). The fraction of sp³-hybridized carbons (Fsp3) is 0.250. The third kappa shape index (κ3) is 1.75. The van der Waals surface area contributed by atoms with Gasteiger partial charge in [0, 0.05) is 20.2 Å². The molecule has 0 fully saturated rings. The summed E-state index contributed by atoms with van der Waals surface area (Å²) in [7, 11) is 0. The molecule has 1 heteroatoms. The van der Waals surface area contributed by atoms with Gasteiger partial charge >= 0.3 is 0 Å². The number of aryl methyl sites for hydroxylation is 2. The largest absolute Gasteiger partial charge is 0.135 e.